The number of unbranched alkanes of at least 4 members (excludes halogenated alkanes) is 9. The molecular formula is C54H70N2O4S6. The molecule has 0 saturated heterocycles. The van der Waals surface area contributed by atoms with Gasteiger partial charge in [0.2, 0.25) is 0 Å². The van der Waals surface area contributed by atoms with Gasteiger partial charge in [-0.2, -0.15) is 8.75 Å². The Bertz CT molecular complexity index is 2490. The van der Waals surface area contributed by atoms with Crippen LogP contribution < -0.4 is 9.47 Å². The number of nitrogens with zero attached hydrogens (tertiary/aromatic N) is 2. The Labute approximate surface area is 419 Å². The zero-order valence-electron chi connectivity index (χ0n) is 40.3. The van der Waals surface area contributed by atoms with Crippen molar-refractivity contribution < 1.29 is 19.0 Å². The molecule has 0 spiro atoms. The van der Waals surface area contributed by atoms with Crippen LogP contribution in [0, 0.1) is 25.7 Å². The van der Waals surface area contributed by atoms with E-state index in [4.69, 9.17) is 23.0 Å². The first-order valence-corrected chi connectivity index (χ1v) is 29.5. The second kappa shape index (κ2) is 25.6. The van der Waals surface area contributed by atoms with Crippen molar-refractivity contribution in [3.05, 3.63) is 75.0 Å². The zero-order valence-corrected chi connectivity index (χ0v) is 45.2. The van der Waals surface area contributed by atoms with E-state index in [1.165, 1.54) is 133 Å². The number of methoxy groups -OCH3 is 1. The van der Waals surface area contributed by atoms with Crippen LogP contribution in [0.1, 0.15) is 173 Å². The Kier molecular flexibility index (Phi) is 19.7. The molecule has 0 radical (unpaired) electrons. The van der Waals surface area contributed by atoms with Gasteiger partial charge in [0.25, 0.3) is 0 Å². The lowest BCUT2D eigenvalue weighted by Gasteiger charge is -2.25. The fraction of sp³-hybridized carbons (Fsp3) is 0.537. The van der Waals surface area contributed by atoms with E-state index in [-0.39, 0.29) is 11.2 Å². The Balaban J connectivity index is 1.15. The fourth-order valence-electron chi connectivity index (χ4n) is 8.94. The number of ether oxygens (including phenoxy) is 3. The van der Waals surface area contributed by atoms with Crippen LogP contribution in [0.15, 0.2) is 48.5 Å². The second-order valence-corrected chi connectivity index (χ2v) is 24.2. The number of aromatic nitrogens is 2. The van der Waals surface area contributed by atoms with Gasteiger partial charge in [-0.15, -0.1) is 57.1 Å². The third-order valence-electron chi connectivity index (χ3n) is 12.9. The van der Waals surface area contributed by atoms with Crippen LogP contribution >= 0.6 is 68.8 Å². The molecule has 5 aromatic heterocycles. The molecule has 7 rings (SSSR count). The summed E-state index contributed by atoms with van der Waals surface area (Å²) in [7, 11) is 1.47. The standard InChI is InChI=1S/C54H70N2O4S6/c1-8-12-15-17-18-20-23-38(22-19-16-13-9-2)34-59-51-36(6)49-50(56-66-55-49)48(52(51)60-33-37(11-4)21-14-10-3)45-30-28-43(63-45)42-26-27-44(62-42)47-32-39(54(57)58-7)53(65-47)46-31-29-41(64-46)40-25-24-35(5)61-40/h24-29,31-32,37-38,45H,8-23,30,33-34H2,1-7H3. The molecule has 66 heavy (non-hydrogen) atoms. The van der Waals surface area contributed by atoms with E-state index in [0.717, 1.165) is 72.4 Å². The van der Waals surface area contributed by atoms with Crippen LogP contribution in [0.2, 0.25) is 0 Å². The van der Waals surface area contributed by atoms with Gasteiger partial charge in [0.1, 0.15) is 11.0 Å². The first kappa shape index (κ1) is 50.9. The van der Waals surface area contributed by atoms with Crippen LogP contribution in [-0.4, -0.2) is 35.0 Å². The van der Waals surface area contributed by atoms with Crippen molar-refractivity contribution in [2.24, 2.45) is 11.8 Å². The lowest BCUT2D eigenvalue weighted by atomic mass is 9.95. The molecule has 1 aliphatic heterocycles. The van der Waals surface area contributed by atoms with Gasteiger partial charge in [0.05, 0.1) is 42.5 Å². The van der Waals surface area contributed by atoms with Gasteiger partial charge in [-0.25, -0.2) is 4.79 Å². The van der Waals surface area contributed by atoms with Crippen LogP contribution in [0.25, 0.3) is 45.2 Å². The van der Waals surface area contributed by atoms with Crippen molar-refractivity contribution in [1.29, 1.82) is 0 Å². The van der Waals surface area contributed by atoms with Gasteiger partial charge < -0.3 is 14.2 Å². The lowest BCUT2D eigenvalue weighted by molar-refractivity contribution is 0.0602. The van der Waals surface area contributed by atoms with E-state index in [1.54, 1.807) is 45.3 Å². The number of benzene rings is 1. The highest BCUT2D eigenvalue weighted by Crippen LogP contribution is 2.56. The Morgan fingerprint density at radius 3 is 1.95 bits per heavy atom. The topological polar surface area (TPSA) is 70.5 Å². The molecule has 0 aliphatic carbocycles. The highest BCUT2D eigenvalue weighted by Gasteiger charge is 2.33. The maximum absolute atomic E-state index is 13.2. The van der Waals surface area contributed by atoms with Crippen molar-refractivity contribution in [2.45, 2.75) is 156 Å². The number of carbonyl (C=O) groups is 1. The third kappa shape index (κ3) is 12.8. The van der Waals surface area contributed by atoms with Crippen molar-refractivity contribution in [2.75, 3.05) is 20.3 Å². The molecule has 3 unspecified atom stereocenters. The fourth-order valence-corrected chi connectivity index (χ4v) is 15.3. The van der Waals surface area contributed by atoms with Gasteiger partial charge in [0.15, 0.2) is 11.5 Å². The number of hydrogen-bond donors (Lipinski definition) is 0. The van der Waals surface area contributed by atoms with E-state index in [2.05, 4.69) is 84.0 Å². The Morgan fingerprint density at radius 2 is 1.24 bits per heavy atom. The molecule has 0 bridgehead atoms. The van der Waals surface area contributed by atoms with Gasteiger partial charge >= 0.3 is 5.97 Å². The number of hydrogen-bond acceptors (Lipinski definition) is 12. The predicted molar refractivity (Wildman–Crippen MR) is 290 cm³/mol. The number of thiophene rings is 4. The molecule has 6 nitrogen and oxygen atoms in total. The third-order valence-corrected chi connectivity index (χ3v) is 19.9. The molecule has 356 valence electrons. The van der Waals surface area contributed by atoms with Gasteiger partial charge in [0, 0.05) is 55.4 Å². The van der Waals surface area contributed by atoms with Crippen LogP contribution in [-0.2, 0) is 4.74 Å². The normalized spacial score (nSPS) is 14.8. The SMILES string of the molecule is CCCCCCCCC(CCCCCC)COc1c(OCC(CC)CCCC)c(C2CC=C(c3ccc(-c4cc(C(=O)OC)c(-c5ccc(-c6ccc(C)s6)s5)s4)s3)S2)c2nsnc2c1C. The van der Waals surface area contributed by atoms with Crippen molar-refractivity contribution >= 4 is 90.7 Å². The summed E-state index contributed by atoms with van der Waals surface area (Å²) in [5, 5.41) is 0.109. The molecule has 0 N–H and O–H groups in total. The predicted octanol–water partition coefficient (Wildman–Crippen LogP) is 18.9. The minimum Gasteiger partial charge on any atom is -0.489 e. The molecule has 0 saturated carbocycles. The van der Waals surface area contributed by atoms with Crippen molar-refractivity contribution in [1.82, 2.24) is 8.75 Å². The molecule has 6 aromatic rings. The van der Waals surface area contributed by atoms with E-state index >= 15 is 0 Å². The second-order valence-electron chi connectivity index (χ2n) is 18.0. The summed E-state index contributed by atoms with van der Waals surface area (Å²) in [4.78, 5) is 23.7. The summed E-state index contributed by atoms with van der Waals surface area (Å²) in [6, 6.07) is 15.1. The number of esters is 1. The maximum Gasteiger partial charge on any atom is 0.339 e. The summed E-state index contributed by atoms with van der Waals surface area (Å²) >= 11 is 10.2. The molecule has 0 fully saturated rings. The number of aryl methyl sites for hydroxylation is 2. The summed E-state index contributed by atoms with van der Waals surface area (Å²) in [5.41, 5.74) is 4.69. The number of fused-ring (bicyclic) bond motifs is 1. The zero-order chi connectivity index (χ0) is 46.4. The van der Waals surface area contributed by atoms with E-state index < -0.39 is 0 Å². The first-order chi connectivity index (χ1) is 32.3. The van der Waals surface area contributed by atoms with Crippen LogP contribution in [0.5, 0.6) is 11.5 Å². The van der Waals surface area contributed by atoms with Gasteiger partial charge in [-0.3, -0.25) is 0 Å². The van der Waals surface area contributed by atoms with Crippen molar-refractivity contribution in [3.63, 3.8) is 0 Å². The smallest absolute Gasteiger partial charge is 0.339 e. The molecule has 3 atom stereocenters. The quantitative estimate of drug-likeness (QED) is 0.0358. The first-order valence-electron chi connectivity index (χ1n) is 24.7. The highest BCUT2D eigenvalue weighted by molar-refractivity contribution is 8.09. The monoisotopic (exact) mass is 1000 g/mol. The number of carbonyl (C=O) groups excluding carboxylic acids is 1. The van der Waals surface area contributed by atoms with Gasteiger partial charge in [-0.05, 0) is 93.8 Å². The van der Waals surface area contributed by atoms with Crippen LogP contribution in [0.4, 0.5) is 0 Å². The van der Waals surface area contributed by atoms with E-state index in [1.807, 2.05) is 17.8 Å². The number of rotatable bonds is 28. The van der Waals surface area contributed by atoms with Crippen LogP contribution in [0.3, 0.4) is 0 Å². The molecule has 1 aliphatic rings. The highest BCUT2D eigenvalue weighted by atomic mass is 32.2. The largest absolute Gasteiger partial charge is 0.489 e. The summed E-state index contributed by atoms with van der Waals surface area (Å²) < 4.78 is 29.4. The molecular weight excluding hydrogens is 933 g/mol. The van der Waals surface area contributed by atoms with E-state index in [9.17, 15) is 4.79 Å². The molecule has 1 aromatic carbocycles. The average molecular weight is 1000 g/mol. The number of allylic oxidation sites excluding steroid dienone is 1. The number of thioether (sulfide) groups is 1. The average Bonchev–Trinajstić information content (AvgIpc) is 4.19. The minimum absolute atomic E-state index is 0.109. The van der Waals surface area contributed by atoms with Crippen molar-refractivity contribution in [3.8, 4) is 40.8 Å². The summed E-state index contributed by atoms with van der Waals surface area (Å²) in [6.07, 6.45) is 23.3. The van der Waals surface area contributed by atoms with E-state index in [0.29, 0.717) is 30.6 Å². The summed E-state index contributed by atoms with van der Waals surface area (Å²) in [5.74, 6) is 2.46. The lowest BCUT2D eigenvalue weighted by Crippen LogP contribution is -2.17. The maximum atomic E-state index is 13.2. The molecule has 12 heteroatoms. The Hall–Kier alpha value is -3.00. The Morgan fingerprint density at radius 1 is 0.652 bits per heavy atom. The summed E-state index contributed by atoms with van der Waals surface area (Å²) in [6.45, 7) is 14.8. The molecule has 0 amide bonds. The molecule has 6 heterocycles. The van der Waals surface area contributed by atoms with Gasteiger partial charge in [-0.1, -0.05) is 117 Å². The minimum atomic E-state index is -0.304.